The molecule has 0 unspecified atom stereocenters. The van der Waals surface area contributed by atoms with Crippen molar-refractivity contribution < 1.29 is 4.79 Å². The topological polar surface area (TPSA) is 33.2 Å². The van der Waals surface area contributed by atoms with Crippen LogP contribution in [0, 0.1) is 5.92 Å². The number of carbonyl (C=O) groups is 1. The molecule has 0 radical (unpaired) electrons. The molecule has 0 saturated carbocycles. The number of nitrogens with zero attached hydrogens (tertiary/aromatic N) is 2. The van der Waals surface area contributed by atoms with Gasteiger partial charge in [-0.15, -0.1) is 11.8 Å². The third kappa shape index (κ3) is 3.89. The van der Waals surface area contributed by atoms with E-state index in [2.05, 4.69) is 29.2 Å². The van der Waals surface area contributed by atoms with Gasteiger partial charge in [0.15, 0.2) is 0 Å². The fourth-order valence-electron chi connectivity index (χ4n) is 2.71. The van der Waals surface area contributed by atoms with Gasteiger partial charge in [-0.1, -0.05) is 18.2 Å². The molecule has 1 saturated heterocycles. The highest BCUT2D eigenvalue weighted by molar-refractivity contribution is 7.99. The van der Waals surface area contributed by atoms with Crippen LogP contribution in [0.1, 0.15) is 23.2 Å². The lowest BCUT2D eigenvalue weighted by molar-refractivity contribution is 0.0698. The molecule has 0 N–H and O–H groups in total. The quantitative estimate of drug-likeness (QED) is 0.807. The van der Waals surface area contributed by atoms with Crippen molar-refractivity contribution in [3.05, 3.63) is 60.4 Å². The third-order valence-electron chi connectivity index (χ3n) is 4.06. The molecule has 1 aromatic heterocycles. The van der Waals surface area contributed by atoms with Crippen LogP contribution >= 0.6 is 11.8 Å². The van der Waals surface area contributed by atoms with Crippen LogP contribution < -0.4 is 0 Å². The van der Waals surface area contributed by atoms with Gasteiger partial charge in [0.1, 0.15) is 0 Å². The number of rotatable bonds is 4. The summed E-state index contributed by atoms with van der Waals surface area (Å²) in [5.41, 5.74) is 0.743. The average Bonchev–Trinajstić information content (AvgIpc) is 2.61. The standard InChI is InChI=1S/C18H20N2OS/c21-18(16-6-10-19-11-7-16)20-12-8-15(9-13-20)14-22-17-4-2-1-3-5-17/h1-7,10-11,15H,8-9,12-14H2. The summed E-state index contributed by atoms with van der Waals surface area (Å²) in [6.45, 7) is 1.72. The molecule has 2 heterocycles. The van der Waals surface area contributed by atoms with Crippen molar-refractivity contribution in [2.75, 3.05) is 18.8 Å². The molecule has 1 amide bonds. The average molecular weight is 312 g/mol. The summed E-state index contributed by atoms with van der Waals surface area (Å²) in [5, 5.41) is 0. The number of likely N-dealkylation sites (tertiary alicyclic amines) is 1. The number of piperidine rings is 1. The number of pyridine rings is 1. The van der Waals surface area contributed by atoms with Crippen LogP contribution in [0.25, 0.3) is 0 Å². The normalized spacial score (nSPS) is 15.7. The molecule has 0 bridgehead atoms. The van der Waals surface area contributed by atoms with Crippen LogP contribution in [0.4, 0.5) is 0 Å². The Balaban J connectivity index is 1.47. The zero-order valence-electron chi connectivity index (χ0n) is 12.5. The summed E-state index contributed by atoms with van der Waals surface area (Å²) in [4.78, 5) is 19.6. The highest BCUT2D eigenvalue weighted by Crippen LogP contribution is 2.26. The molecule has 0 spiro atoms. The van der Waals surface area contributed by atoms with Crippen LogP contribution in [0.2, 0.25) is 0 Å². The third-order valence-corrected chi connectivity index (χ3v) is 5.30. The van der Waals surface area contributed by atoms with E-state index >= 15 is 0 Å². The predicted molar refractivity (Wildman–Crippen MR) is 90.0 cm³/mol. The maximum atomic E-state index is 12.4. The van der Waals surface area contributed by atoms with Gasteiger partial charge in [-0.25, -0.2) is 0 Å². The van der Waals surface area contributed by atoms with Gasteiger partial charge in [-0.3, -0.25) is 9.78 Å². The second-order valence-corrected chi connectivity index (χ2v) is 6.69. The van der Waals surface area contributed by atoms with E-state index in [0.717, 1.165) is 37.2 Å². The van der Waals surface area contributed by atoms with Crippen molar-refractivity contribution in [1.82, 2.24) is 9.88 Å². The number of benzene rings is 1. The minimum absolute atomic E-state index is 0.136. The minimum atomic E-state index is 0.136. The van der Waals surface area contributed by atoms with Gasteiger partial charge in [0.2, 0.25) is 0 Å². The van der Waals surface area contributed by atoms with Gasteiger partial charge in [0.25, 0.3) is 5.91 Å². The monoisotopic (exact) mass is 312 g/mol. The van der Waals surface area contributed by atoms with Crippen LogP contribution in [-0.2, 0) is 0 Å². The van der Waals surface area contributed by atoms with Crippen LogP contribution in [0.5, 0.6) is 0 Å². The van der Waals surface area contributed by atoms with E-state index in [1.807, 2.05) is 22.7 Å². The molecule has 1 aromatic carbocycles. The molecule has 22 heavy (non-hydrogen) atoms. The van der Waals surface area contributed by atoms with Gasteiger partial charge in [-0.05, 0) is 43.0 Å². The molecule has 1 aliphatic rings. The van der Waals surface area contributed by atoms with Crippen molar-refractivity contribution in [3.8, 4) is 0 Å². The van der Waals surface area contributed by atoms with Gasteiger partial charge < -0.3 is 4.90 Å². The van der Waals surface area contributed by atoms with E-state index in [1.54, 1.807) is 24.5 Å². The Bertz CT molecular complexity index is 595. The highest BCUT2D eigenvalue weighted by Gasteiger charge is 2.23. The first-order valence-electron chi connectivity index (χ1n) is 7.70. The largest absolute Gasteiger partial charge is 0.339 e. The zero-order valence-corrected chi connectivity index (χ0v) is 13.3. The van der Waals surface area contributed by atoms with Crippen molar-refractivity contribution in [1.29, 1.82) is 0 Å². The summed E-state index contributed by atoms with van der Waals surface area (Å²) in [6, 6.07) is 14.1. The van der Waals surface area contributed by atoms with Gasteiger partial charge in [0, 0.05) is 41.7 Å². The SMILES string of the molecule is O=C(c1ccncc1)N1CCC(CSc2ccccc2)CC1. The smallest absolute Gasteiger partial charge is 0.253 e. The molecule has 1 fully saturated rings. The Labute approximate surface area is 135 Å². The summed E-state index contributed by atoms with van der Waals surface area (Å²) >= 11 is 1.92. The maximum absolute atomic E-state index is 12.4. The zero-order chi connectivity index (χ0) is 15.2. The second kappa shape index (κ2) is 7.45. The van der Waals surface area contributed by atoms with E-state index in [-0.39, 0.29) is 5.91 Å². The highest BCUT2D eigenvalue weighted by atomic mass is 32.2. The molecular weight excluding hydrogens is 292 g/mol. The molecule has 0 atom stereocenters. The second-order valence-electron chi connectivity index (χ2n) is 5.60. The molecule has 2 aromatic rings. The molecule has 3 rings (SSSR count). The molecule has 3 nitrogen and oxygen atoms in total. The Morgan fingerprint density at radius 3 is 2.45 bits per heavy atom. The van der Waals surface area contributed by atoms with E-state index < -0.39 is 0 Å². The van der Waals surface area contributed by atoms with Gasteiger partial charge >= 0.3 is 0 Å². The summed E-state index contributed by atoms with van der Waals surface area (Å²) in [7, 11) is 0. The number of amides is 1. The Kier molecular flexibility index (Phi) is 5.11. The Morgan fingerprint density at radius 1 is 1.09 bits per heavy atom. The van der Waals surface area contributed by atoms with Gasteiger partial charge in [0.05, 0.1) is 0 Å². The van der Waals surface area contributed by atoms with E-state index in [9.17, 15) is 4.79 Å². The van der Waals surface area contributed by atoms with E-state index in [4.69, 9.17) is 0 Å². The summed E-state index contributed by atoms with van der Waals surface area (Å²) in [6.07, 6.45) is 5.54. The summed E-state index contributed by atoms with van der Waals surface area (Å²) < 4.78 is 0. The fourth-order valence-corrected chi connectivity index (χ4v) is 3.82. The number of hydrogen-bond donors (Lipinski definition) is 0. The van der Waals surface area contributed by atoms with Crippen molar-refractivity contribution in [2.45, 2.75) is 17.7 Å². The van der Waals surface area contributed by atoms with Crippen LogP contribution in [0.15, 0.2) is 59.8 Å². The Morgan fingerprint density at radius 2 is 1.77 bits per heavy atom. The number of carbonyl (C=O) groups excluding carboxylic acids is 1. The number of hydrogen-bond acceptors (Lipinski definition) is 3. The molecule has 0 aliphatic carbocycles. The first-order valence-corrected chi connectivity index (χ1v) is 8.68. The summed E-state index contributed by atoms with van der Waals surface area (Å²) in [5.74, 6) is 1.98. The van der Waals surface area contributed by atoms with Crippen molar-refractivity contribution in [2.24, 2.45) is 5.92 Å². The minimum Gasteiger partial charge on any atom is -0.339 e. The van der Waals surface area contributed by atoms with Gasteiger partial charge in [-0.2, -0.15) is 0 Å². The number of thioether (sulfide) groups is 1. The number of aromatic nitrogens is 1. The fraction of sp³-hybridized carbons (Fsp3) is 0.333. The molecule has 114 valence electrons. The van der Waals surface area contributed by atoms with E-state index in [1.165, 1.54) is 4.90 Å². The first kappa shape index (κ1) is 15.1. The lowest BCUT2D eigenvalue weighted by atomic mass is 9.98. The Hall–Kier alpha value is -1.81. The lowest BCUT2D eigenvalue weighted by Crippen LogP contribution is -2.38. The van der Waals surface area contributed by atoms with Crippen molar-refractivity contribution >= 4 is 17.7 Å². The van der Waals surface area contributed by atoms with Crippen LogP contribution in [-0.4, -0.2) is 34.6 Å². The van der Waals surface area contributed by atoms with Crippen molar-refractivity contribution in [3.63, 3.8) is 0 Å². The maximum Gasteiger partial charge on any atom is 0.253 e. The van der Waals surface area contributed by atoms with E-state index in [0.29, 0.717) is 5.92 Å². The predicted octanol–water partition coefficient (Wildman–Crippen LogP) is 3.73. The van der Waals surface area contributed by atoms with Crippen LogP contribution in [0.3, 0.4) is 0 Å². The molecule has 1 aliphatic heterocycles. The first-order chi connectivity index (χ1) is 10.8. The lowest BCUT2D eigenvalue weighted by Gasteiger charge is -2.32. The molecular formula is C18H20N2OS. The molecule has 4 heteroatoms.